The number of rotatable bonds is 2. The van der Waals surface area contributed by atoms with Crippen molar-refractivity contribution in [1.82, 2.24) is 15.0 Å². The number of ether oxygens (including phenoxy) is 1. The average Bonchev–Trinajstić information content (AvgIpc) is 2.29. The SMILES string of the molecule is COc1nccnc1-c1cccc(N)n1. The van der Waals surface area contributed by atoms with E-state index < -0.39 is 0 Å². The second-order valence-corrected chi connectivity index (χ2v) is 2.86. The molecule has 0 spiro atoms. The van der Waals surface area contributed by atoms with Crippen LogP contribution in [0.5, 0.6) is 5.88 Å². The van der Waals surface area contributed by atoms with Gasteiger partial charge in [-0.1, -0.05) is 6.07 Å². The first-order valence-corrected chi connectivity index (χ1v) is 4.39. The van der Waals surface area contributed by atoms with Crippen molar-refractivity contribution in [2.45, 2.75) is 0 Å². The Kier molecular flexibility index (Phi) is 2.45. The molecule has 5 heteroatoms. The Morgan fingerprint density at radius 2 is 2.00 bits per heavy atom. The van der Waals surface area contributed by atoms with E-state index in [-0.39, 0.29) is 0 Å². The number of aromatic nitrogens is 3. The number of anilines is 1. The molecule has 0 atom stereocenters. The first-order valence-electron chi connectivity index (χ1n) is 4.39. The number of pyridine rings is 1. The maximum absolute atomic E-state index is 5.59. The van der Waals surface area contributed by atoms with Crippen molar-refractivity contribution in [2.75, 3.05) is 12.8 Å². The predicted octanol–water partition coefficient (Wildman–Crippen LogP) is 1.13. The van der Waals surface area contributed by atoms with E-state index in [2.05, 4.69) is 15.0 Å². The van der Waals surface area contributed by atoms with E-state index in [0.29, 0.717) is 23.1 Å². The van der Waals surface area contributed by atoms with Crippen molar-refractivity contribution in [1.29, 1.82) is 0 Å². The van der Waals surface area contributed by atoms with Gasteiger partial charge in [-0.15, -0.1) is 0 Å². The van der Waals surface area contributed by atoms with Crippen LogP contribution in [0.2, 0.25) is 0 Å². The molecule has 0 saturated heterocycles. The summed E-state index contributed by atoms with van der Waals surface area (Å²) in [6.45, 7) is 0. The molecule has 0 amide bonds. The molecule has 0 aliphatic heterocycles. The van der Waals surface area contributed by atoms with Crippen molar-refractivity contribution in [2.24, 2.45) is 0 Å². The van der Waals surface area contributed by atoms with Crippen LogP contribution in [0.4, 0.5) is 5.82 Å². The Balaban J connectivity index is 2.53. The molecule has 0 unspecified atom stereocenters. The molecule has 0 aromatic carbocycles. The molecule has 0 saturated carbocycles. The van der Waals surface area contributed by atoms with Crippen LogP contribution in [0, 0.1) is 0 Å². The van der Waals surface area contributed by atoms with Crippen molar-refractivity contribution < 1.29 is 4.74 Å². The molecule has 2 aromatic heterocycles. The zero-order valence-corrected chi connectivity index (χ0v) is 8.21. The monoisotopic (exact) mass is 202 g/mol. The van der Waals surface area contributed by atoms with Crippen molar-refractivity contribution >= 4 is 5.82 Å². The summed E-state index contributed by atoms with van der Waals surface area (Å²) in [5, 5.41) is 0. The third-order valence-corrected chi connectivity index (χ3v) is 1.87. The van der Waals surface area contributed by atoms with Crippen LogP contribution < -0.4 is 10.5 Å². The minimum Gasteiger partial charge on any atom is -0.479 e. The summed E-state index contributed by atoms with van der Waals surface area (Å²) in [4.78, 5) is 12.3. The van der Waals surface area contributed by atoms with E-state index in [1.807, 2.05) is 12.1 Å². The maximum atomic E-state index is 5.59. The lowest BCUT2D eigenvalue weighted by Gasteiger charge is -2.04. The Bertz CT molecular complexity index is 472. The van der Waals surface area contributed by atoms with Crippen LogP contribution in [0.15, 0.2) is 30.6 Å². The van der Waals surface area contributed by atoms with E-state index in [9.17, 15) is 0 Å². The van der Waals surface area contributed by atoms with Crippen LogP contribution in [-0.2, 0) is 0 Å². The zero-order valence-electron chi connectivity index (χ0n) is 8.21. The van der Waals surface area contributed by atoms with Gasteiger partial charge < -0.3 is 10.5 Å². The molecular weight excluding hydrogens is 192 g/mol. The summed E-state index contributed by atoms with van der Waals surface area (Å²) in [5.41, 5.74) is 6.83. The van der Waals surface area contributed by atoms with E-state index >= 15 is 0 Å². The smallest absolute Gasteiger partial charge is 0.241 e. The Hall–Kier alpha value is -2.17. The second kappa shape index (κ2) is 3.91. The Labute approximate surface area is 87.0 Å². The van der Waals surface area contributed by atoms with Crippen LogP contribution in [0.1, 0.15) is 0 Å². The highest BCUT2D eigenvalue weighted by molar-refractivity contribution is 5.61. The van der Waals surface area contributed by atoms with E-state index in [4.69, 9.17) is 10.5 Å². The summed E-state index contributed by atoms with van der Waals surface area (Å²) in [7, 11) is 1.54. The van der Waals surface area contributed by atoms with Gasteiger partial charge in [-0.3, -0.25) is 0 Å². The normalized spacial score (nSPS) is 9.93. The summed E-state index contributed by atoms with van der Waals surface area (Å²) >= 11 is 0. The molecule has 5 nitrogen and oxygen atoms in total. The molecule has 0 aliphatic carbocycles. The number of hydrogen-bond donors (Lipinski definition) is 1. The number of methoxy groups -OCH3 is 1. The number of nitrogen functional groups attached to an aromatic ring is 1. The average molecular weight is 202 g/mol. The number of nitrogens with zero attached hydrogens (tertiary/aromatic N) is 3. The summed E-state index contributed by atoms with van der Waals surface area (Å²) in [5.74, 6) is 0.885. The molecule has 0 radical (unpaired) electrons. The largest absolute Gasteiger partial charge is 0.479 e. The predicted molar refractivity (Wildman–Crippen MR) is 56.2 cm³/mol. The van der Waals surface area contributed by atoms with E-state index in [1.54, 1.807) is 25.6 Å². The Morgan fingerprint density at radius 1 is 1.20 bits per heavy atom. The van der Waals surface area contributed by atoms with Gasteiger partial charge in [0.25, 0.3) is 0 Å². The molecule has 2 aromatic rings. The summed E-state index contributed by atoms with van der Waals surface area (Å²) in [6.07, 6.45) is 3.15. The molecule has 15 heavy (non-hydrogen) atoms. The van der Waals surface area contributed by atoms with Crippen LogP contribution in [-0.4, -0.2) is 22.1 Å². The molecule has 0 bridgehead atoms. The van der Waals surface area contributed by atoms with Gasteiger partial charge in [0.05, 0.1) is 12.8 Å². The molecule has 0 fully saturated rings. The second-order valence-electron chi connectivity index (χ2n) is 2.86. The highest BCUT2D eigenvalue weighted by Crippen LogP contribution is 2.23. The molecule has 0 aliphatic rings. The van der Waals surface area contributed by atoms with E-state index in [0.717, 1.165) is 0 Å². The fourth-order valence-electron chi connectivity index (χ4n) is 1.23. The van der Waals surface area contributed by atoms with Gasteiger partial charge in [-0.25, -0.2) is 15.0 Å². The van der Waals surface area contributed by atoms with Crippen LogP contribution >= 0.6 is 0 Å². The Morgan fingerprint density at radius 3 is 2.73 bits per heavy atom. The molecule has 2 heterocycles. The number of hydrogen-bond acceptors (Lipinski definition) is 5. The first-order chi connectivity index (χ1) is 7.31. The lowest BCUT2D eigenvalue weighted by molar-refractivity contribution is 0.397. The van der Waals surface area contributed by atoms with Gasteiger partial charge in [0.15, 0.2) is 5.69 Å². The molecule has 2 N–H and O–H groups in total. The zero-order chi connectivity index (χ0) is 10.7. The standard InChI is InChI=1S/C10H10N4O/c1-15-10-9(12-5-6-13-10)7-3-2-4-8(11)14-7/h2-6H,1H3,(H2,11,14). The van der Waals surface area contributed by atoms with Crippen molar-refractivity contribution in [3.05, 3.63) is 30.6 Å². The fraction of sp³-hybridized carbons (Fsp3) is 0.100. The van der Waals surface area contributed by atoms with Gasteiger partial charge in [0.1, 0.15) is 5.82 Å². The van der Waals surface area contributed by atoms with E-state index in [1.165, 1.54) is 0 Å². The van der Waals surface area contributed by atoms with Gasteiger partial charge in [0.2, 0.25) is 5.88 Å². The van der Waals surface area contributed by atoms with Gasteiger partial charge in [-0.2, -0.15) is 0 Å². The van der Waals surface area contributed by atoms with Gasteiger partial charge in [-0.05, 0) is 12.1 Å². The van der Waals surface area contributed by atoms with Gasteiger partial charge >= 0.3 is 0 Å². The van der Waals surface area contributed by atoms with Crippen molar-refractivity contribution in [3.63, 3.8) is 0 Å². The fourth-order valence-corrected chi connectivity index (χ4v) is 1.23. The lowest BCUT2D eigenvalue weighted by Crippen LogP contribution is -1.97. The lowest BCUT2D eigenvalue weighted by atomic mass is 10.2. The van der Waals surface area contributed by atoms with Crippen LogP contribution in [0.25, 0.3) is 11.4 Å². The summed E-state index contributed by atoms with van der Waals surface area (Å²) in [6, 6.07) is 5.33. The van der Waals surface area contributed by atoms with Crippen molar-refractivity contribution in [3.8, 4) is 17.3 Å². The van der Waals surface area contributed by atoms with Gasteiger partial charge in [0, 0.05) is 12.4 Å². The topological polar surface area (TPSA) is 73.9 Å². The minimum absolute atomic E-state index is 0.440. The number of nitrogens with two attached hydrogens (primary N) is 1. The highest BCUT2D eigenvalue weighted by atomic mass is 16.5. The summed E-state index contributed by atoms with van der Waals surface area (Å²) < 4.78 is 5.09. The first kappa shape index (κ1) is 9.39. The quantitative estimate of drug-likeness (QED) is 0.790. The molecular formula is C10H10N4O. The highest BCUT2D eigenvalue weighted by Gasteiger charge is 2.08. The third kappa shape index (κ3) is 1.85. The molecule has 76 valence electrons. The third-order valence-electron chi connectivity index (χ3n) is 1.87. The maximum Gasteiger partial charge on any atom is 0.241 e. The minimum atomic E-state index is 0.440. The molecule has 2 rings (SSSR count). The van der Waals surface area contributed by atoms with Crippen LogP contribution in [0.3, 0.4) is 0 Å².